The maximum Gasteiger partial charge on any atom is 0.338 e. The molecule has 5 nitrogen and oxygen atoms in total. The number of anilines is 1. The number of ether oxygens (including phenoxy) is 1. The summed E-state index contributed by atoms with van der Waals surface area (Å²) in [5, 5.41) is 2.79. The minimum absolute atomic E-state index is 0.0494. The number of esters is 1. The van der Waals surface area contributed by atoms with Crippen LogP contribution in [0.5, 0.6) is 0 Å². The Hall–Kier alpha value is -3.47. The number of nitrogens with one attached hydrogen (secondary N) is 1. The third-order valence-corrected chi connectivity index (χ3v) is 3.83. The number of hydrogen-bond donors (Lipinski definition) is 1. The Morgan fingerprint density at radius 2 is 1.69 bits per heavy atom. The van der Waals surface area contributed by atoms with Gasteiger partial charge in [-0.1, -0.05) is 36.4 Å². The van der Waals surface area contributed by atoms with Crippen LogP contribution in [0, 0.1) is 6.92 Å². The zero-order valence-corrected chi connectivity index (χ0v) is 14.3. The van der Waals surface area contributed by atoms with Gasteiger partial charge in [0.05, 0.1) is 16.8 Å². The van der Waals surface area contributed by atoms with Crippen LogP contribution in [0.3, 0.4) is 0 Å². The molecule has 0 saturated carbocycles. The number of carbonyl (C=O) groups excluding carboxylic acids is 2. The Labute approximate surface area is 151 Å². The molecule has 0 bridgehead atoms. The highest BCUT2D eigenvalue weighted by Crippen LogP contribution is 2.11. The van der Waals surface area contributed by atoms with Gasteiger partial charge < -0.3 is 10.1 Å². The summed E-state index contributed by atoms with van der Waals surface area (Å²) in [7, 11) is 0. The van der Waals surface area contributed by atoms with Crippen molar-refractivity contribution in [2.75, 3.05) is 5.32 Å². The minimum atomic E-state index is -0.393. The molecular weight excluding hydrogens is 328 g/mol. The number of aromatic nitrogens is 1. The fourth-order valence-corrected chi connectivity index (χ4v) is 2.39. The van der Waals surface area contributed by atoms with E-state index in [9.17, 15) is 9.59 Å². The smallest absolute Gasteiger partial charge is 0.338 e. The van der Waals surface area contributed by atoms with E-state index >= 15 is 0 Å². The normalized spacial score (nSPS) is 10.2. The number of rotatable bonds is 5. The van der Waals surface area contributed by atoms with Crippen LogP contribution in [0.4, 0.5) is 5.69 Å². The molecule has 26 heavy (non-hydrogen) atoms. The van der Waals surface area contributed by atoms with Crippen LogP contribution in [-0.2, 0) is 11.3 Å². The summed E-state index contributed by atoms with van der Waals surface area (Å²) in [5.74, 6) is -0.636. The van der Waals surface area contributed by atoms with Crippen molar-refractivity contribution in [2.24, 2.45) is 0 Å². The summed E-state index contributed by atoms with van der Waals surface area (Å²) < 4.78 is 5.29. The van der Waals surface area contributed by atoms with E-state index < -0.39 is 5.97 Å². The molecule has 0 atom stereocenters. The molecule has 0 fully saturated rings. The minimum Gasteiger partial charge on any atom is -0.456 e. The van der Waals surface area contributed by atoms with E-state index in [1.807, 2.05) is 49.4 Å². The molecule has 1 amide bonds. The lowest BCUT2D eigenvalue weighted by atomic mass is 10.1. The van der Waals surface area contributed by atoms with Crippen LogP contribution in [0.25, 0.3) is 0 Å². The van der Waals surface area contributed by atoms with E-state index in [1.165, 1.54) is 6.20 Å². The Morgan fingerprint density at radius 3 is 2.38 bits per heavy atom. The number of para-hydroxylation sites is 1. The van der Waals surface area contributed by atoms with Gasteiger partial charge >= 0.3 is 5.97 Å². The van der Waals surface area contributed by atoms with E-state index in [-0.39, 0.29) is 12.5 Å². The SMILES string of the molecule is Cc1ccccc1C(=O)OCc1ccc(C(=O)Nc2ccccc2)cn1. The summed E-state index contributed by atoms with van der Waals surface area (Å²) in [6, 6.07) is 19.8. The van der Waals surface area contributed by atoms with Crippen LogP contribution in [-0.4, -0.2) is 16.9 Å². The Morgan fingerprint density at radius 1 is 0.962 bits per heavy atom. The zero-order chi connectivity index (χ0) is 18.4. The fraction of sp³-hybridized carbons (Fsp3) is 0.0952. The molecule has 0 aliphatic heterocycles. The number of amides is 1. The largest absolute Gasteiger partial charge is 0.456 e. The highest BCUT2D eigenvalue weighted by atomic mass is 16.5. The zero-order valence-electron chi connectivity index (χ0n) is 14.3. The predicted octanol–water partition coefficient (Wildman–Crippen LogP) is 4.00. The lowest BCUT2D eigenvalue weighted by Gasteiger charge is -2.08. The number of benzene rings is 2. The quantitative estimate of drug-likeness (QED) is 0.709. The van der Waals surface area contributed by atoms with Crippen molar-refractivity contribution in [1.29, 1.82) is 0 Å². The molecule has 130 valence electrons. The number of aryl methyl sites for hydroxylation is 1. The van der Waals surface area contributed by atoms with Crippen LogP contribution in [0.1, 0.15) is 32.0 Å². The van der Waals surface area contributed by atoms with Gasteiger partial charge in [0.2, 0.25) is 0 Å². The fourth-order valence-electron chi connectivity index (χ4n) is 2.39. The Kier molecular flexibility index (Phi) is 5.39. The summed E-state index contributed by atoms with van der Waals surface area (Å²) in [6.45, 7) is 1.91. The molecule has 0 aliphatic rings. The van der Waals surface area contributed by atoms with Crippen molar-refractivity contribution >= 4 is 17.6 Å². The maximum atomic E-state index is 12.2. The van der Waals surface area contributed by atoms with E-state index in [2.05, 4.69) is 10.3 Å². The van der Waals surface area contributed by atoms with Gasteiger partial charge in [0.25, 0.3) is 5.91 Å². The van der Waals surface area contributed by atoms with Gasteiger partial charge in [-0.25, -0.2) is 4.79 Å². The highest BCUT2D eigenvalue weighted by molar-refractivity contribution is 6.04. The summed E-state index contributed by atoms with van der Waals surface area (Å²) >= 11 is 0. The maximum absolute atomic E-state index is 12.2. The highest BCUT2D eigenvalue weighted by Gasteiger charge is 2.11. The molecular formula is C21H18N2O3. The Bertz CT molecular complexity index is 906. The van der Waals surface area contributed by atoms with Crippen LogP contribution in [0.2, 0.25) is 0 Å². The molecule has 3 rings (SSSR count). The molecule has 0 unspecified atom stereocenters. The van der Waals surface area contributed by atoms with Gasteiger partial charge in [-0.3, -0.25) is 9.78 Å². The topological polar surface area (TPSA) is 68.3 Å². The van der Waals surface area contributed by atoms with Crippen molar-refractivity contribution in [2.45, 2.75) is 13.5 Å². The number of carbonyl (C=O) groups is 2. The van der Waals surface area contributed by atoms with Gasteiger partial charge in [-0.05, 0) is 42.8 Å². The number of pyridine rings is 1. The Balaban J connectivity index is 1.58. The first kappa shape index (κ1) is 17.4. The first-order valence-electron chi connectivity index (χ1n) is 8.17. The standard InChI is InChI=1S/C21H18N2O3/c1-15-7-5-6-10-19(15)21(25)26-14-18-12-11-16(13-22-18)20(24)23-17-8-3-2-4-9-17/h2-13H,14H2,1H3,(H,23,24). The van der Waals surface area contributed by atoms with E-state index in [0.717, 1.165) is 5.56 Å². The van der Waals surface area contributed by atoms with Gasteiger partial charge in [0.15, 0.2) is 0 Å². The molecule has 3 aromatic rings. The molecule has 1 N–H and O–H groups in total. The second-order valence-electron chi connectivity index (χ2n) is 5.75. The van der Waals surface area contributed by atoms with E-state index in [4.69, 9.17) is 4.74 Å². The van der Waals surface area contributed by atoms with Gasteiger partial charge in [-0.2, -0.15) is 0 Å². The lowest BCUT2D eigenvalue weighted by molar-refractivity contribution is 0.0466. The monoisotopic (exact) mass is 346 g/mol. The van der Waals surface area contributed by atoms with Gasteiger partial charge in [0.1, 0.15) is 6.61 Å². The molecule has 0 saturated heterocycles. The van der Waals surface area contributed by atoms with Crippen LogP contribution in [0.15, 0.2) is 72.9 Å². The van der Waals surface area contributed by atoms with Gasteiger partial charge in [-0.15, -0.1) is 0 Å². The summed E-state index contributed by atoms with van der Waals surface area (Å²) in [5.41, 5.74) is 3.12. The van der Waals surface area contributed by atoms with E-state index in [1.54, 1.807) is 24.3 Å². The van der Waals surface area contributed by atoms with Crippen molar-refractivity contribution in [3.8, 4) is 0 Å². The molecule has 0 aliphatic carbocycles. The first-order chi connectivity index (χ1) is 12.6. The van der Waals surface area contributed by atoms with Crippen molar-refractivity contribution in [3.05, 3.63) is 95.3 Å². The predicted molar refractivity (Wildman–Crippen MR) is 98.9 cm³/mol. The number of nitrogens with zero attached hydrogens (tertiary/aromatic N) is 1. The summed E-state index contributed by atoms with van der Waals surface area (Å²) in [6.07, 6.45) is 1.47. The van der Waals surface area contributed by atoms with Crippen molar-refractivity contribution in [1.82, 2.24) is 4.98 Å². The average molecular weight is 346 g/mol. The van der Waals surface area contributed by atoms with Crippen LogP contribution < -0.4 is 5.32 Å². The van der Waals surface area contributed by atoms with E-state index in [0.29, 0.717) is 22.5 Å². The molecule has 1 heterocycles. The molecule has 2 aromatic carbocycles. The van der Waals surface area contributed by atoms with Crippen LogP contribution >= 0.6 is 0 Å². The first-order valence-corrected chi connectivity index (χ1v) is 8.17. The second-order valence-corrected chi connectivity index (χ2v) is 5.75. The number of hydrogen-bond acceptors (Lipinski definition) is 4. The lowest BCUT2D eigenvalue weighted by Crippen LogP contribution is -2.13. The van der Waals surface area contributed by atoms with Crippen molar-refractivity contribution < 1.29 is 14.3 Å². The second kappa shape index (κ2) is 8.07. The molecule has 0 spiro atoms. The summed E-state index contributed by atoms with van der Waals surface area (Å²) in [4.78, 5) is 28.5. The molecule has 1 aromatic heterocycles. The molecule has 0 radical (unpaired) electrons. The van der Waals surface area contributed by atoms with Gasteiger partial charge in [0, 0.05) is 11.9 Å². The average Bonchev–Trinajstić information content (AvgIpc) is 2.67. The molecule has 5 heteroatoms. The third kappa shape index (κ3) is 4.33. The van der Waals surface area contributed by atoms with Crippen molar-refractivity contribution in [3.63, 3.8) is 0 Å². The third-order valence-electron chi connectivity index (χ3n) is 3.83.